The minimum Gasteiger partial charge on any atom is -0.481 e. The van der Waals surface area contributed by atoms with E-state index in [1.807, 2.05) is 0 Å². The first-order valence-corrected chi connectivity index (χ1v) is 7.46. The van der Waals surface area contributed by atoms with Crippen LogP contribution >= 0.6 is 15.9 Å². The van der Waals surface area contributed by atoms with E-state index in [2.05, 4.69) is 34.1 Å². The van der Waals surface area contributed by atoms with Crippen molar-refractivity contribution in [3.8, 4) is 0 Å². The molecule has 0 heterocycles. The van der Waals surface area contributed by atoms with Crippen LogP contribution in [0.3, 0.4) is 0 Å². The Morgan fingerprint density at radius 1 is 1.28 bits per heavy atom. The zero-order chi connectivity index (χ0) is 13.0. The number of rotatable bonds is 4. The molecule has 1 aliphatic rings. The highest BCUT2D eigenvalue weighted by atomic mass is 79.9. The lowest BCUT2D eigenvalue weighted by atomic mass is 9.84. The van der Waals surface area contributed by atoms with E-state index >= 15 is 0 Å². The predicted molar refractivity (Wildman–Crippen MR) is 75.9 cm³/mol. The topological polar surface area (TPSA) is 37.3 Å². The Balaban J connectivity index is 2.06. The highest BCUT2D eigenvalue weighted by Gasteiger charge is 2.17. The van der Waals surface area contributed by atoms with E-state index in [1.165, 1.54) is 37.7 Å². The van der Waals surface area contributed by atoms with E-state index in [1.54, 1.807) is 0 Å². The van der Waals surface area contributed by atoms with Crippen molar-refractivity contribution < 1.29 is 9.90 Å². The normalized spacial score (nSPS) is 16.7. The van der Waals surface area contributed by atoms with Crippen molar-refractivity contribution in [2.75, 3.05) is 0 Å². The first-order valence-electron chi connectivity index (χ1n) is 6.67. The summed E-state index contributed by atoms with van der Waals surface area (Å²) >= 11 is 3.64. The van der Waals surface area contributed by atoms with Crippen LogP contribution in [0.4, 0.5) is 0 Å². The van der Waals surface area contributed by atoms with E-state index in [9.17, 15) is 4.79 Å². The van der Waals surface area contributed by atoms with E-state index in [4.69, 9.17) is 5.11 Å². The van der Waals surface area contributed by atoms with Gasteiger partial charge in [0.15, 0.2) is 0 Å². The molecule has 0 unspecified atom stereocenters. The lowest BCUT2D eigenvalue weighted by Gasteiger charge is -2.23. The fourth-order valence-corrected chi connectivity index (χ4v) is 3.47. The molecule has 0 radical (unpaired) electrons. The maximum absolute atomic E-state index is 10.6. The van der Waals surface area contributed by atoms with Crippen molar-refractivity contribution in [2.45, 2.75) is 50.9 Å². The molecule has 0 spiro atoms. The molecule has 2 nitrogen and oxygen atoms in total. The number of hydrogen-bond acceptors (Lipinski definition) is 1. The van der Waals surface area contributed by atoms with E-state index in [-0.39, 0.29) is 6.42 Å². The van der Waals surface area contributed by atoms with Crippen LogP contribution in [0.5, 0.6) is 0 Å². The second-order valence-corrected chi connectivity index (χ2v) is 5.94. The second kappa shape index (κ2) is 6.37. The average Bonchev–Trinajstić information content (AvgIpc) is 2.37. The molecular formula is C15H19BrO2. The summed E-state index contributed by atoms with van der Waals surface area (Å²) in [5, 5.41) is 8.69. The third-order valence-corrected chi connectivity index (χ3v) is 4.42. The van der Waals surface area contributed by atoms with Gasteiger partial charge < -0.3 is 5.11 Å². The molecule has 1 aromatic rings. The van der Waals surface area contributed by atoms with Gasteiger partial charge in [-0.05, 0) is 42.4 Å². The molecule has 98 valence electrons. The minimum atomic E-state index is -0.734. The molecule has 2 rings (SSSR count). The Kier molecular flexibility index (Phi) is 4.81. The molecule has 1 saturated carbocycles. The first-order chi connectivity index (χ1) is 8.66. The summed E-state index contributed by atoms with van der Waals surface area (Å²) < 4.78 is 1.15. The number of aryl methyl sites for hydroxylation is 1. The maximum Gasteiger partial charge on any atom is 0.303 e. The van der Waals surface area contributed by atoms with Crippen molar-refractivity contribution in [2.24, 2.45) is 0 Å². The van der Waals surface area contributed by atoms with Crippen LogP contribution in [-0.2, 0) is 11.2 Å². The SMILES string of the molecule is O=C(O)CCc1ccc(C2CCCCC2)c(Br)c1. The van der Waals surface area contributed by atoms with Crippen LogP contribution in [-0.4, -0.2) is 11.1 Å². The van der Waals surface area contributed by atoms with Crippen LogP contribution in [0.25, 0.3) is 0 Å². The van der Waals surface area contributed by atoms with Gasteiger partial charge in [0, 0.05) is 10.9 Å². The van der Waals surface area contributed by atoms with Crippen molar-refractivity contribution >= 4 is 21.9 Å². The summed E-state index contributed by atoms with van der Waals surface area (Å²) in [4.78, 5) is 10.6. The third-order valence-electron chi connectivity index (χ3n) is 3.74. The molecule has 0 amide bonds. The number of aliphatic carboxylic acids is 1. The monoisotopic (exact) mass is 310 g/mol. The quantitative estimate of drug-likeness (QED) is 0.888. The highest BCUT2D eigenvalue weighted by molar-refractivity contribution is 9.10. The summed E-state index contributed by atoms with van der Waals surface area (Å²) in [6, 6.07) is 6.35. The zero-order valence-electron chi connectivity index (χ0n) is 10.5. The molecule has 0 bridgehead atoms. The Hall–Kier alpha value is -0.830. The van der Waals surface area contributed by atoms with E-state index in [0.29, 0.717) is 12.3 Å². The molecule has 0 aromatic heterocycles. The Labute approximate surface area is 117 Å². The number of halogens is 1. The highest BCUT2D eigenvalue weighted by Crippen LogP contribution is 2.36. The lowest BCUT2D eigenvalue weighted by Crippen LogP contribution is -2.05. The summed E-state index contributed by atoms with van der Waals surface area (Å²) in [5.74, 6) is -0.0517. The molecule has 0 aliphatic heterocycles. The van der Waals surface area contributed by atoms with Crippen LogP contribution < -0.4 is 0 Å². The Morgan fingerprint density at radius 3 is 2.61 bits per heavy atom. The number of benzene rings is 1. The molecule has 0 atom stereocenters. The van der Waals surface area contributed by atoms with Gasteiger partial charge >= 0.3 is 5.97 Å². The fraction of sp³-hybridized carbons (Fsp3) is 0.533. The van der Waals surface area contributed by atoms with E-state index < -0.39 is 5.97 Å². The average molecular weight is 311 g/mol. The Bertz CT molecular complexity index is 423. The van der Waals surface area contributed by atoms with Gasteiger partial charge in [-0.1, -0.05) is 47.3 Å². The van der Waals surface area contributed by atoms with Crippen molar-refractivity contribution in [3.63, 3.8) is 0 Å². The van der Waals surface area contributed by atoms with Crippen LogP contribution in [0, 0.1) is 0 Å². The van der Waals surface area contributed by atoms with Gasteiger partial charge in [-0.3, -0.25) is 4.79 Å². The second-order valence-electron chi connectivity index (χ2n) is 5.08. The standard InChI is InChI=1S/C15H19BrO2/c16-14-10-11(7-9-15(17)18)6-8-13(14)12-4-2-1-3-5-12/h6,8,10,12H,1-5,7,9H2,(H,17,18). The molecule has 1 fully saturated rings. The smallest absolute Gasteiger partial charge is 0.303 e. The van der Waals surface area contributed by atoms with Gasteiger partial charge in [0.05, 0.1) is 0 Å². The van der Waals surface area contributed by atoms with Gasteiger partial charge in [0.2, 0.25) is 0 Å². The van der Waals surface area contributed by atoms with Crippen LogP contribution in [0.1, 0.15) is 55.6 Å². The van der Waals surface area contributed by atoms with Gasteiger partial charge in [-0.25, -0.2) is 0 Å². The molecule has 0 saturated heterocycles. The zero-order valence-corrected chi connectivity index (χ0v) is 12.1. The molecule has 18 heavy (non-hydrogen) atoms. The lowest BCUT2D eigenvalue weighted by molar-refractivity contribution is -0.136. The van der Waals surface area contributed by atoms with Gasteiger partial charge in [-0.2, -0.15) is 0 Å². The number of carbonyl (C=O) groups is 1. The van der Waals surface area contributed by atoms with E-state index in [0.717, 1.165) is 10.0 Å². The van der Waals surface area contributed by atoms with Gasteiger partial charge in [-0.15, -0.1) is 0 Å². The van der Waals surface area contributed by atoms with Crippen molar-refractivity contribution in [3.05, 3.63) is 33.8 Å². The molecule has 1 aliphatic carbocycles. The van der Waals surface area contributed by atoms with Crippen LogP contribution in [0.2, 0.25) is 0 Å². The fourth-order valence-electron chi connectivity index (χ4n) is 2.72. The third kappa shape index (κ3) is 3.58. The van der Waals surface area contributed by atoms with Gasteiger partial charge in [0.1, 0.15) is 0 Å². The summed E-state index contributed by atoms with van der Waals surface area (Å²) in [6.07, 6.45) is 7.41. The predicted octanol–water partition coefficient (Wildman–Crippen LogP) is 4.51. The van der Waals surface area contributed by atoms with Crippen molar-refractivity contribution in [1.82, 2.24) is 0 Å². The maximum atomic E-state index is 10.6. The molecule has 1 N–H and O–H groups in total. The molecule has 3 heteroatoms. The van der Waals surface area contributed by atoms with Crippen molar-refractivity contribution in [1.29, 1.82) is 0 Å². The molecular weight excluding hydrogens is 292 g/mol. The largest absolute Gasteiger partial charge is 0.481 e. The molecule has 1 aromatic carbocycles. The Morgan fingerprint density at radius 2 is 2.00 bits per heavy atom. The number of hydrogen-bond donors (Lipinski definition) is 1. The summed E-state index contributed by atoms with van der Waals surface area (Å²) in [6.45, 7) is 0. The van der Waals surface area contributed by atoms with Gasteiger partial charge in [0.25, 0.3) is 0 Å². The first kappa shape index (κ1) is 13.6. The number of carboxylic acids is 1. The minimum absolute atomic E-state index is 0.204. The van der Waals surface area contributed by atoms with Crippen LogP contribution in [0.15, 0.2) is 22.7 Å². The summed E-state index contributed by atoms with van der Waals surface area (Å²) in [5.41, 5.74) is 2.50. The number of carboxylic acid groups (broad SMARTS) is 1. The summed E-state index contributed by atoms with van der Waals surface area (Å²) in [7, 11) is 0.